The topological polar surface area (TPSA) is 52.8 Å². The fraction of sp³-hybridized carbons (Fsp3) is 0.294. The van der Waals surface area contributed by atoms with E-state index < -0.39 is 12.1 Å². The van der Waals surface area contributed by atoms with Crippen LogP contribution in [-0.4, -0.2) is 29.1 Å². The minimum atomic E-state index is -0.677. The van der Waals surface area contributed by atoms with Crippen molar-refractivity contribution >= 4 is 11.9 Å². The van der Waals surface area contributed by atoms with Crippen LogP contribution in [0.25, 0.3) is 0 Å². The molecule has 2 unspecified atom stereocenters. The average molecular weight is 298 g/mol. The number of aliphatic imine (C=N–C) groups is 1. The summed E-state index contributed by atoms with van der Waals surface area (Å²) >= 11 is 0. The Hall–Kier alpha value is -2.56. The van der Waals surface area contributed by atoms with Gasteiger partial charge < -0.3 is 14.0 Å². The minimum Gasteiger partial charge on any atom is -0.465 e. The van der Waals surface area contributed by atoms with Gasteiger partial charge in [-0.1, -0.05) is 18.2 Å². The number of carbonyl (C=O) groups excluding carboxylic acids is 1. The van der Waals surface area contributed by atoms with Gasteiger partial charge in [0.15, 0.2) is 12.1 Å². The van der Waals surface area contributed by atoms with Crippen LogP contribution in [0.4, 0.5) is 0 Å². The van der Waals surface area contributed by atoms with E-state index in [0.29, 0.717) is 12.5 Å². The zero-order valence-corrected chi connectivity index (χ0v) is 12.6. The summed E-state index contributed by atoms with van der Waals surface area (Å²) in [6, 6.07) is 12.7. The van der Waals surface area contributed by atoms with Crippen LogP contribution >= 0.6 is 0 Å². The van der Waals surface area contributed by atoms with E-state index in [1.54, 1.807) is 6.92 Å². The highest BCUT2D eigenvalue weighted by atomic mass is 16.5. The van der Waals surface area contributed by atoms with E-state index in [9.17, 15) is 4.79 Å². The van der Waals surface area contributed by atoms with E-state index in [1.807, 2.05) is 60.3 Å². The second kappa shape index (κ2) is 6.05. The second-order valence-electron chi connectivity index (χ2n) is 5.08. The quantitative estimate of drug-likeness (QED) is 0.815. The number of hydrogen-bond acceptors (Lipinski definition) is 4. The molecule has 1 aromatic heterocycles. The van der Waals surface area contributed by atoms with Crippen LogP contribution in [-0.2, 0) is 21.3 Å². The van der Waals surface area contributed by atoms with Crippen LogP contribution in [0, 0.1) is 0 Å². The van der Waals surface area contributed by atoms with Crippen molar-refractivity contribution in [2.75, 3.05) is 6.61 Å². The van der Waals surface area contributed by atoms with Crippen molar-refractivity contribution in [3.8, 4) is 0 Å². The first-order valence-electron chi connectivity index (χ1n) is 7.28. The Balaban J connectivity index is 1.94. The maximum absolute atomic E-state index is 12.2. The molecule has 2 atom stereocenters. The third kappa shape index (κ3) is 2.62. The zero-order valence-electron chi connectivity index (χ0n) is 12.6. The number of benzene rings is 1. The monoisotopic (exact) mass is 298 g/mol. The highest BCUT2D eigenvalue weighted by molar-refractivity contribution is 5.98. The van der Waals surface area contributed by atoms with E-state index in [4.69, 9.17) is 9.47 Å². The molecular weight excluding hydrogens is 280 g/mol. The van der Waals surface area contributed by atoms with Gasteiger partial charge in [-0.05, 0) is 31.2 Å². The molecule has 0 spiro atoms. The van der Waals surface area contributed by atoms with Gasteiger partial charge in [-0.25, -0.2) is 9.79 Å². The van der Waals surface area contributed by atoms with Gasteiger partial charge in [0.2, 0.25) is 5.90 Å². The molecule has 3 rings (SSSR count). The van der Waals surface area contributed by atoms with Crippen molar-refractivity contribution in [1.29, 1.82) is 0 Å². The molecule has 0 saturated heterocycles. The lowest BCUT2D eigenvalue weighted by Gasteiger charge is -2.17. The van der Waals surface area contributed by atoms with Crippen molar-refractivity contribution in [1.82, 2.24) is 4.57 Å². The highest BCUT2D eigenvalue weighted by Gasteiger charge is 2.40. The van der Waals surface area contributed by atoms with Gasteiger partial charge in [0.1, 0.15) is 0 Å². The summed E-state index contributed by atoms with van der Waals surface area (Å²) in [6.45, 7) is 2.11. The second-order valence-corrected chi connectivity index (χ2v) is 5.08. The molecule has 0 bridgehead atoms. The Kier molecular flexibility index (Phi) is 3.96. The lowest BCUT2D eigenvalue weighted by atomic mass is 10.1. The normalized spacial score (nSPS) is 20.4. The summed E-state index contributed by atoms with van der Waals surface area (Å²) in [7, 11) is 1.92. The summed E-state index contributed by atoms with van der Waals surface area (Å²) in [5.41, 5.74) is 1.75. The number of esters is 1. The molecule has 1 aliphatic heterocycles. The lowest BCUT2D eigenvalue weighted by Crippen LogP contribution is -2.27. The maximum atomic E-state index is 12.2. The molecule has 0 saturated carbocycles. The van der Waals surface area contributed by atoms with Crippen molar-refractivity contribution < 1.29 is 14.3 Å². The number of ether oxygens (including phenoxy) is 2. The molecule has 2 aromatic rings. The number of hydrogen-bond donors (Lipinski definition) is 0. The van der Waals surface area contributed by atoms with E-state index in [0.717, 1.165) is 11.3 Å². The van der Waals surface area contributed by atoms with E-state index in [-0.39, 0.29) is 5.97 Å². The van der Waals surface area contributed by atoms with Crippen molar-refractivity contribution in [2.24, 2.45) is 12.0 Å². The molecule has 1 aromatic carbocycles. The SMILES string of the molecule is CCOC(=O)C1N=C(c2ccccc2)OC1c1cccn1C. The zero-order chi connectivity index (χ0) is 15.5. The van der Waals surface area contributed by atoms with Crippen LogP contribution in [0.2, 0.25) is 0 Å². The first kappa shape index (κ1) is 14.4. The molecule has 5 nitrogen and oxygen atoms in total. The van der Waals surface area contributed by atoms with Gasteiger partial charge in [0, 0.05) is 18.8 Å². The molecule has 2 heterocycles. The smallest absolute Gasteiger partial charge is 0.335 e. The molecular formula is C17H18N2O3. The third-order valence-corrected chi connectivity index (χ3v) is 3.61. The molecule has 1 aliphatic rings. The van der Waals surface area contributed by atoms with Gasteiger partial charge in [-0.2, -0.15) is 0 Å². The summed E-state index contributed by atoms with van der Waals surface area (Å²) in [6.07, 6.45) is 1.45. The van der Waals surface area contributed by atoms with Crippen LogP contribution in [0.15, 0.2) is 53.7 Å². The summed E-state index contributed by atoms with van der Waals surface area (Å²) in [4.78, 5) is 16.7. The van der Waals surface area contributed by atoms with Crippen LogP contribution in [0.3, 0.4) is 0 Å². The van der Waals surface area contributed by atoms with Gasteiger partial charge in [-0.3, -0.25) is 0 Å². The maximum Gasteiger partial charge on any atom is 0.335 e. The Morgan fingerprint density at radius 3 is 2.68 bits per heavy atom. The van der Waals surface area contributed by atoms with Gasteiger partial charge in [0.25, 0.3) is 0 Å². The van der Waals surface area contributed by atoms with Crippen molar-refractivity contribution in [2.45, 2.75) is 19.1 Å². The predicted molar refractivity (Wildman–Crippen MR) is 82.6 cm³/mol. The lowest BCUT2D eigenvalue weighted by molar-refractivity contribution is -0.146. The Labute approximate surface area is 129 Å². The minimum absolute atomic E-state index is 0.325. The molecule has 0 N–H and O–H groups in total. The molecule has 114 valence electrons. The first-order valence-corrected chi connectivity index (χ1v) is 7.28. The van der Waals surface area contributed by atoms with Crippen LogP contribution in [0.1, 0.15) is 24.3 Å². The standard InChI is InChI=1S/C17H18N2O3/c1-3-21-17(20)14-15(13-10-7-11-19(13)2)22-16(18-14)12-8-5-4-6-9-12/h4-11,14-15H,3H2,1-2H3. The van der Waals surface area contributed by atoms with Gasteiger partial charge >= 0.3 is 5.97 Å². The van der Waals surface area contributed by atoms with E-state index in [1.165, 1.54) is 0 Å². The highest BCUT2D eigenvalue weighted by Crippen LogP contribution is 2.31. The number of rotatable bonds is 4. The summed E-state index contributed by atoms with van der Waals surface area (Å²) in [5.74, 6) is 0.115. The van der Waals surface area contributed by atoms with Crippen molar-refractivity contribution in [3.05, 3.63) is 59.9 Å². The van der Waals surface area contributed by atoms with Gasteiger partial charge in [0.05, 0.1) is 12.3 Å². The average Bonchev–Trinajstić information content (AvgIpc) is 3.14. The number of carbonyl (C=O) groups is 1. The molecule has 22 heavy (non-hydrogen) atoms. The van der Waals surface area contributed by atoms with Crippen molar-refractivity contribution in [3.63, 3.8) is 0 Å². The van der Waals surface area contributed by atoms with Crippen LogP contribution in [0.5, 0.6) is 0 Å². The molecule has 0 radical (unpaired) electrons. The van der Waals surface area contributed by atoms with E-state index >= 15 is 0 Å². The predicted octanol–water partition coefficient (Wildman–Crippen LogP) is 2.47. The summed E-state index contributed by atoms with van der Waals surface area (Å²) < 4.78 is 13.1. The largest absolute Gasteiger partial charge is 0.465 e. The molecule has 0 fully saturated rings. The molecule has 0 aliphatic carbocycles. The number of nitrogens with zero attached hydrogens (tertiary/aromatic N) is 2. The Morgan fingerprint density at radius 2 is 2.05 bits per heavy atom. The number of aromatic nitrogens is 1. The first-order chi connectivity index (χ1) is 10.7. The fourth-order valence-corrected chi connectivity index (χ4v) is 2.53. The third-order valence-electron chi connectivity index (χ3n) is 3.61. The van der Waals surface area contributed by atoms with Crippen LogP contribution < -0.4 is 0 Å². The van der Waals surface area contributed by atoms with Gasteiger partial charge in [-0.15, -0.1) is 0 Å². The Morgan fingerprint density at radius 1 is 1.27 bits per heavy atom. The summed E-state index contributed by atoms with van der Waals surface area (Å²) in [5, 5.41) is 0. The Bertz CT molecular complexity index is 691. The molecule has 0 amide bonds. The number of aryl methyl sites for hydroxylation is 1. The molecule has 5 heteroatoms. The van der Waals surface area contributed by atoms with E-state index in [2.05, 4.69) is 4.99 Å². The fourth-order valence-electron chi connectivity index (χ4n) is 2.53.